The predicted molar refractivity (Wildman–Crippen MR) is 125 cm³/mol. The van der Waals surface area contributed by atoms with Crippen molar-refractivity contribution in [2.75, 3.05) is 18.2 Å². The number of alkyl halides is 3. The molecule has 0 bridgehead atoms. The number of thioether (sulfide) groups is 1. The van der Waals surface area contributed by atoms with E-state index in [0.29, 0.717) is 16.7 Å². The van der Waals surface area contributed by atoms with Gasteiger partial charge in [0.2, 0.25) is 11.8 Å². The molecule has 1 heterocycles. The third-order valence-electron chi connectivity index (χ3n) is 4.96. The standard InChI is InChI=1S/C23H24F3N5O3S/c1-14(27-19(32)11-15-7-9-18(34-3)10-8-15)21-29-30-22(31(21)2)35-13-20(33)28-17-6-4-5-16(12-17)23(24,25)26/h4-10,12,14H,11,13H2,1-3H3,(H,27,32)(H,28,33)/t14-/m0/s1. The fourth-order valence-corrected chi connectivity index (χ4v) is 3.93. The molecule has 35 heavy (non-hydrogen) atoms. The Labute approximate surface area is 204 Å². The van der Waals surface area contributed by atoms with Crippen molar-refractivity contribution >= 4 is 29.3 Å². The molecule has 2 amide bonds. The molecule has 0 aliphatic carbocycles. The van der Waals surface area contributed by atoms with E-state index in [-0.39, 0.29) is 23.8 Å². The first-order valence-corrected chi connectivity index (χ1v) is 11.5. The summed E-state index contributed by atoms with van der Waals surface area (Å²) in [6.45, 7) is 1.77. The maximum Gasteiger partial charge on any atom is 0.416 e. The van der Waals surface area contributed by atoms with Crippen molar-refractivity contribution in [2.45, 2.75) is 30.7 Å². The highest BCUT2D eigenvalue weighted by Gasteiger charge is 2.30. The van der Waals surface area contributed by atoms with Gasteiger partial charge in [-0.15, -0.1) is 10.2 Å². The van der Waals surface area contributed by atoms with E-state index in [1.54, 1.807) is 37.8 Å². The zero-order valence-corrected chi connectivity index (χ0v) is 20.0. The summed E-state index contributed by atoms with van der Waals surface area (Å²) >= 11 is 1.08. The van der Waals surface area contributed by atoms with Crippen molar-refractivity contribution in [3.8, 4) is 5.75 Å². The van der Waals surface area contributed by atoms with Crippen LogP contribution in [0.3, 0.4) is 0 Å². The molecule has 2 N–H and O–H groups in total. The lowest BCUT2D eigenvalue weighted by atomic mass is 10.1. The van der Waals surface area contributed by atoms with E-state index in [2.05, 4.69) is 20.8 Å². The van der Waals surface area contributed by atoms with Crippen molar-refractivity contribution in [1.29, 1.82) is 0 Å². The molecule has 0 saturated heterocycles. The van der Waals surface area contributed by atoms with Gasteiger partial charge in [-0.1, -0.05) is 30.0 Å². The number of hydrogen-bond donors (Lipinski definition) is 2. The van der Waals surface area contributed by atoms with Gasteiger partial charge in [-0.3, -0.25) is 9.59 Å². The molecule has 0 aliphatic heterocycles. The average Bonchev–Trinajstić information content (AvgIpc) is 3.18. The highest BCUT2D eigenvalue weighted by Crippen LogP contribution is 2.30. The van der Waals surface area contributed by atoms with Crippen molar-refractivity contribution in [3.05, 3.63) is 65.5 Å². The molecule has 0 saturated carbocycles. The highest BCUT2D eigenvalue weighted by molar-refractivity contribution is 7.99. The summed E-state index contributed by atoms with van der Waals surface area (Å²) in [6, 6.07) is 11.2. The topological polar surface area (TPSA) is 98.1 Å². The molecule has 0 aliphatic rings. The molecular weight excluding hydrogens is 483 g/mol. The molecular formula is C23H24F3N5O3S. The molecule has 186 valence electrons. The van der Waals surface area contributed by atoms with Gasteiger partial charge in [0.05, 0.1) is 30.9 Å². The number of aromatic nitrogens is 3. The Balaban J connectivity index is 1.53. The number of ether oxygens (including phenoxy) is 1. The summed E-state index contributed by atoms with van der Waals surface area (Å²) in [5, 5.41) is 13.9. The maximum absolute atomic E-state index is 12.8. The number of rotatable bonds is 9. The van der Waals surface area contributed by atoms with Gasteiger partial charge in [0.15, 0.2) is 11.0 Å². The van der Waals surface area contributed by atoms with Crippen molar-refractivity contribution in [3.63, 3.8) is 0 Å². The summed E-state index contributed by atoms with van der Waals surface area (Å²) in [5.74, 6) is 0.435. The highest BCUT2D eigenvalue weighted by atomic mass is 32.2. The van der Waals surface area contributed by atoms with Crippen LogP contribution in [0, 0.1) is 0 Å². The number of nitrogens with zero attached hydrogens (tertiary/aromatic N) is 3. The Bertz CT molecular complexity index is 1180. The van der Waals surface area contributed by atoms with E-state index >= 15 is 0 Å². The lowest BCUT2D eigenvalue weighted by Crippen LogP contribution is -2.29. The van der Waals surface area contributed by atoms with E-state index in [9.17, 15) is 22.8 Å². The van der Waals surface area contributed by atoms with Crippen LogP contribution in [-0.4, -0.2) is 39.4 Å². The van der Waals surface area contributed by atoms with Crippen LogP contribution in [0.1, 0.15) is 29.9 Å². The van der Waals surface area contributed by atoms with Gasteiger partial charge in [0.25, 0.3) is 0 Å². The Morgan fingerprint density at radius 2 is 1.83 bits per heavy atom. The third-order valence-corrected chi connectivity index (χ3v) is 5.98. The molecule has 1 atom stereocenters. The second-order valence-electron chi connectivity index (χ2n) is 7.63. The van der Waals surface area contributed by atoms with E-state index in [1.807, 2.05) is 12.1 Å². The smallest absolute Gasteiger partial charge is 0.416 e. The first kappa shape index (κ1) is 26.1. The van der Waals surface area contributed by atoms with Gasteiger partial charge in [0.1, 0.15) is 5.75 Å². The monoisotopic (exact) mass is 507 g/mol. The van der Waals surface area contributed by atoms with E-state index in [0.717, 1.165) is 29.5 Å². The maximum atomic E-state index is 12.8. The molecule has 0 fully saturated rings. The van der Waals surface area contributed by atoms with Gasteiger partial charge in [-0.05, 0) is 42.8 Å². The van der Waals surface area contributed by atoms with Crippen molar-refractivity contribution in [1.82, 2.24) is 20.1 Å². The van der Waals surface area contributed by atoms with Crippen LogP contribution in [-0.2, 0) is 29.2 Å². The predicted octanol–water partition coefficient (Wildman–Crippen LogP) is 3.99. The zero-order valence-electron chi connectivity index (χ0n) is 19.2. The number of benzene rings is 2. The van der Waals surface area contributed by atoms with Crippen LogP contribution in [0.25, 0.3) is 0 Å². The Kier molecular flexibility index (Phi) is 8.39. The lowest BCUT2D eigenvalue weighted by Gasteiger charge is -2.14. The quantitative estimate of drug-likeness (QED) is 0.425. The van der Waals surface area contributed by atoms with Crippen LogP contribution in [0.2, 0.25) is 0 Å². The SMILES string of the molecule is COc1ccc(CC(=O)N[C@@H](C)c2nnc(SCC(=O)Nc3cccc(C(F)(F)F)c3)n2C)cc1. The number of methoxy groups -OCH3 is 1. The van der Waals surface area contributed by atoms with Gasteiger partial charge in [-0.2, -0.15) is 13.2 Å². The molecule has 8 nitrogen and oxygen atoms in total. The minimum Gasteiger partial charge on any atom is -0.497 e. The number of halogens is 3. The second kappa shape index (κ2) is 11.3. The molecule has 1 aromatic heterocycles. The van der Waals surface area contributed by atoms with Gasteiger partial charge < -0.3 is 19.9 Å². The van der Waals surface area contributed by atoms with Crippen LogP contribution < -0.4 is 15.4 Å². The minimum absolute atomic E-state index is 0.0530. The van der Waals surface area contributed by atoms with Gasteiger partial charge >= 0.3 is 6.18 Å². The molecule has 0 radical (unpaired) electrons. The first-order valence-electron chi connectivity index (χ1n) is 10.5. The lowest BCUT2D eigenvalue weighted by molar-refractivity contribution is -0.137. The molecule has 3 aromatic rings. The second-order valence-corrected chi connectivity index (χ2v) is 8.57. The van der Waals surface area contributed by atoms with Crippen LogP contribution >= 0.6 is 11.8 Å². The number of hydrogen-bond acceptors (Lipinski definition) is 6. The number of carbonyl (C=O) groups is 2. The zero-order chi connectivity index (χ0) is 25.6. The van der Waals surface area contributed by atoms with Gasteiger partial charge in [-0.25, -0.2) is 0 Å². The summed E-state index contributed by atoms with van der Waals surface area (Å²) in [5.41, 5.74) is 0.0395. The number of carbonyl (C=O) groups excluding carboxylic acids is 2. The third kappa shape index (κ3) is 7.22. The Morgan fingerprint density at radius 3 is 2.49 bits per heavy atom. The molecule has 12 heteroatoms. The number of anilines is 1. The van der Waals surface area contributed by atoms with Crippen molar-refractivity contribution < 1.29 is 27.5 Å². The Hall–Kier alpha value is -3.54. The van der Waals surface area contributed by atoms with Crippen LogP contribution in [0.15, 0.2) is 53.7 Å². The minimum atomic E-state index is -4.49. The first-order chi connectivity index (χ1) is 16.6. The van der Waals surface area contributed by atoms with Crippen molar-refractivity contribution in [2.24, 2.45) is 7.05 Å². The fourth-order valence-electron chi connectivity index (χ4n) is 3.22. The molecule has 2 aromatic carbocycles. The van der Waals surface area contributed by atoms with E-state index in [1.165, 1.54) is 12.1 Å². The summed E-state index contributed by atoms with van der Waals surface area (Å²) in [4.78, 5) is 24.6. The fraction of sp³-hybridized carbons (Fsp3) is 0.304. The van der Waals surface area contributed by atoms with E-state index < -0.39 is 23.7 Å². The van der Waals surface area contributed by atoms with Crippen LogP contribution in [0.4, 0.5) is 18.9 Å². The van der Waals surface area contributed by atoms with Crippen LogP contribution in [0.5, 0.6) is 5.75 Å². The van der Waals surface area contributed by atoms with E-state index in [4.69, 9.17) is 4.74 Å². The Morgan fingerprint density at radius 1 is 1.11 bits per heavy atom. The number of nitrogens with one attached hydrogen (secondary N) is 2. The number of amides is 2. The normalized spacial score (nSPS) is 12.2. The summed E-state index contributed by atoms with van der Waals surface area (Å²) in [6.07, 6.45) is -4.31. The average molecular weight is 508 g/mol. The molecule has 3 rings (SSSR count). The summed E-state index contributed by atoms with van der Waals surface area (Å²) < 4.78 is 45.3. The van der Waals surface area contributed by atoms with Gasteiger partial charge in [0, 0.05) is 12.7 Å². The largest absolute Gasteiger partial charge is 0.497 e. The molecule has 0 spiro atoms. The molecule has 0 unspecified atom stereocenters. The summed E-state index contributed by atoms with van der Waals surface area (Å²) in [7, 11) is 3.27.